The van der Waals surface area contributed by atoms with Gasteiger partial charge < -0.3 is 10.1 Å². The van der Waals surface area contributed by atoms with Crippen molar-refractivity contribution in [3.05, 3.63) is 65.7 Å². The molecule has 0 spiro atoms. The van der Waals surface area contributed by atoms with E-state index in [0.29, 0.717) is 6.54 Å². The van der Waals surface area contributed by atoms with Crippen LogP contribution in [0.15, 0.2) is 54.6 Å². The Morgan fingerprint density at radius 2 is 1.76 bits per heavy atom. The summed E-state index contributed by atoms with van der Waals surface area (Å²) in [7, 11) is 0. The summed E-state index contributed by atoms with van der Waals surface area (Å²) in [5.41, 5.74) is 1.17. The van der Waals surface area contributed by atoms with Gasteiger partial charge in [-0.15, -0.1) is 0 Å². The van der Waals surface area contributed by atoms with Crippen LogP contribution >= 0.6 is 0 Å². The van der Waals surface area contributed by atoms with Crippen molar-refractivity contribution in [3.63, 3.8) is 0 Å². The molecular weight excluding hydrogens is 272 g/mol. The average Bonchev–Trinajstić information content (AvgIpc) is 2.90. The third-order valence-electron chi connectivity index (χ3n) is 3.63. The van der Waals surface area contributed by atoms with E-state index in [-0.39, 0.29) is 18.2 Å². The van der Waals surface area contributed by atoms with Gasteiger partial charge in [0, 0.05) is 18.5 Å². The van der Waals surface area contributed by atoms with Gasteiger partial charge in [-0.1, -0.05) is 48.5 Å². The maximum absolute atomic E-state index is 14.0. The Morgan fingerprint density at radius 3 is 2.52 bits per heavy atom. The van der Waals surface area contributed by atoms with Gasteiger partial charge in [0.2, 0.25) is 0 Å². The SMILES string of the molecule is FC(F)(CNCC1Cc2ccccc2O1)c1ccccc1. The normalized spacial score (nSPS) is 17.3. The number of hydrogen-bond acceptors (Lipinski definition) is 2. The Morgan fingerprint density at radius 1 is 1.05 bits per heavy atom. The van der Waals surface area contributed by atoms with Crippen LogP contribution in [0.2, 0.25) is 0 Å². The summed E-state index contributed by atoms with van der Waals surface area (Å²) in [4.78, 5) is 0. The minimum atomic E-state index is -2.87. The van der Waals surface area contributed by atoms with Gasteiger partial charge >= 0.3 is 0 Å². The predicted molar refractivity (Wildman–Crippen MR) is 77.8 cm³/mol. The third kappa shape index (κ3) is 3.22. The Balaban J connectivity index is 1.51. The van der Waals surface area contributed by atoms with Crippen molar-refractivity contribution in [2.24, 2.45) is 0 Å². The molecule has 2 aromatic rings. The third-order valence-corrected chi connectivity index (χ3v) is 3.63. The van der Waals surface area contributed by atoms with Crippen molar-refractivity contribution in [2.45, 2.75) is 18.4 Å². The first-order valence-electron chi connectivity index (χ1n) is 7.04. The zero-order valence-electron chi connectivity index (χ0n) is 11.6. The molecule has 0 saturated heterocycles. The van der Waals surface area contributed by atoms with Gasteiger partial charge in [0.1, 0.15) is 11.9 Å². The van der Waals surface area contributed by atoms with Crippen LogP contribution in [0.4, 0.5) is 8.78 Å². The first kappa shape index (κ1) is 14.0. The maximum Gasteiger partial charge on any atom is 0.285 e. The first-order valence-corrected chi connectivity index (χ1v) is 7.04. The summed E-state index contributed by atoms with van der Waals surface area (Å²) >= 11 is 0. The van der Waals surface area contributed by atoms with Crippen LogP contribution in [0.1, 0.15) is 11.1 Å². The van der Waals surface area contributed by atoms with E-state index in [0.717, 1.165) is 17.7 Å². The molecule has 0 aromatic heterocycles. The smallest absolute Gasteiger partial charge is 0.285 e. The van der Waals surface area contributed by atoms with E-state index >= 15 is 0 Å². The topological polar surface area (TPSA) is 21.3 Å². The quantitative estimate of drug-likeness (QED) is 0.911. The minimum absolute atomic E-state index is 0.0353. The van der Waals surface area contributed by atoms with E-state index in [2.05, 4.69) is 5.32 Å². The van der Waals surface area contributed by atoms with E-state index in [9.17, 15) is 8.78 Å². The standard InChI is InChI=1S/C17H17F2NO/c18-17(19,14-7-2-1-3-8-14)12-20-11-15-10-13-6-4-5-9-16(13)21-15/h1-9,15,20H,10-12H2. The van der Waals surface area contributed by atoms with Crippen LogP contribution < -0.4 is 10.1 Å². The zero-order valence-corrected chi connectivity index (χ0v) is 11.6. The fourth-order valence-electron chi connectivity index (χ4n) is 2.54. The molecule has 0 radical (unpaired) electrons. The molecule has 4 heteroatoms. The van der Waals surface area contributed by atoms with Crippen molar-refractivity contribution < 1.29 is 13.5 Å². The average molecular weight is 289 g/mol. The second-order valence-corrected chi connectivity index (χ2v) is 5.25. The lowest BCUT2D eigenvalue weighted by atomic mass is 10.1. The lowest BCUT2D eigenvalue weighted by Crippen LogP contribution is -2.37. The summed E-state index contributed by atoms with van der Waals surface area (Å²) in [6.07, 6.45) is 0.689. The molecular formula is C17H17F2NO. The van der Waals surface area contributed by atoms with E-state index < -0.39 is 5.92 Å². The molecule has 3 rings (SSSR count). The molecule has 1 heterocycles. The molecule has 1 unspecified atom stereocenters. The minimum Gasteiger partial charge on any atom is -0.488 e. The molecule has 21 heavy (non-hydrogen) atoms. The maximum atomic E-state index is 14.0. The van der Waals surface area contributed by atoms with Crippen LogP contribution in [0.5, 0.6) is 5.75 Å². The number of fused-ring (bicyclic) bond motifs is 1. The number of nitrogens with one attached hydrogen (secondary N) is 1. The molecule has 2 nitrogen and oxygen atoms in total. The molecule has 0 bridgehead atoms. The summed E-state index contributed by atoms with van der Waals surface area (Å²) in [6, 6.07) is 15.7. The monoisotopic (exact) mass is 289 g/mol. The highest BCUT2D eigenvalue weighted by atomic mass is 19.3. The number of halogens is 2. The highest BCUT2D eigenvalue weighted by molar-refractivity contribution is 5.37. The molecule has 0 saturated carbocycles. The van der Waals surface area contributed by atoms with Gasteiger partial charge in [0.25, 0.3) is 5.92 Å². The number of benzene rings is 2. The number of alkyl halides is 2. The molecule has 2 aromatic carbocycles. The number of para-hydroxylation sites is 1. The Bertz CT molecular complexity index is 576. The van der Waals surface area contributed by atoms with Gasteiger partial charge in [0.15, 0.2) is 0 Å². The Kier molecular flexibility index (Phi) is 3.88. The fraction of sp³-hybridized carbons (Fsp3) is 0.294. The fourth-order valence-corrected chi connectivity index (χ4v) is 2.54. The van der Waals surface area contributed by atoms with Crippen LogP contribution in [-0.2, 0) is 12.3 Å². The highest BCUT2D eigenvalue weighted by Gasteiger charge is 2.31. The molecule has 1 N–H and O–H groups in total. The van der Waals surface area contributed by atoms with Crippen molar-refractivity contribution in [3.8, 4) is 5.75 Å². The van der Waals surface area contributed by atoms with E-state index in [4.69, 9.17) is 4.74 Å². The molecule has 0 amide bonds. The number of hydrogen-bond donors (Lipinski definition) is 1. The second-order valence-electron chi connectivity index (χ2n) is 5.25. The van der Waals surface area contributed by atoms with Crippen molar-refractivity contribution in [2.75, 3.05) is 13.1 Å². The van der Waals surface area contributed by atoms with Gasteiger partial charge in [0.05, 0.1) is 6.54 Å². The summed E-state index contributed by atoms with van der Waals surface area (Å²) in [5.74, 6) is -2.01. The molecule has 1 aliphatic heterocycles. The lowest BCUT2D eigenvalue weighted by molar-refractivity contribution is -0.00467. The van der Waals surface area contributed by atoms with E-state index in [1.807, 2.05) is 24.3 Å². The Hall–Kier alpha value is -1.94. The molecule has 0 aliphatic carbocycles. The van der Waals surface area contributed by atoms with Crippen LogP contribution in [0.3, 0.4) is 0 Å². The van der Waals surface area contributed by atoms with Crippen LogP contribution in [-0.4, -0.2) is 19.2 Å². The van der Waals surface area contributed by atoms with Crippen molar-refractivity contribution >= 4 is 0 Å². The van der Waals surface area contributed by atoms with E-state index in [1.54, 1.807) is 18.2 Å². The molecule has 1 aliphatic rings. The van der Waals surface area contributed by atoms with Crippen LogP contribution in [0, 0.1) is 0 Å². The number of rotatable bonds is 5. The summed E-state index contributed by atoms with van der Waals surface area (Å²) in [5, 5.41) is 2.83. The zero-order chi connectivity index (χ0) is 14.7. The van der Waals surface area contributed by atoms with E-state index in [1.165, 1.54) is 12.1 Å². The highest BCUT2D eigenvalue weighted by Crippen LogP contribution is 2.29. The van der Waals surface area contributed by atoms with Crippen LogP contribution in [0.25, 0.3) is 0 Å². The van der Waals surface area contributed by atoms with Gasteiger partial charge in [-0.3, -0.25) is 0 Å². The predicted octanol–water partition coefficient (Wildman–Crippen LogP) is 3.37. The van der Waals surface area contributed by atoms with Crippen molar-refractivity contribution in [1.82, 2.24) is 5.32 Å². The lowest BCUT2D eigenvalue weighted by Gasteiger charge is -2.19. The second kappa shape index (κ2) is 5.82. The van der Waals surface area contributed by atoms with Gasteiger partial charge in [-0.25, -0.2) is 0 Å². The Labute approximate surface area is 122 Å². The van der Waals surface area contributed by atoms with Gasteiger partial charge in [-0.05, 0) is 11.6 Å². The first-order chi connectivity index (χ1) is 10.1. The van der Waals surface area contributed by atoms with Crippen molar-refractivity contribution in [1.29, 1.82) is 0 Å². The van der Waals surface area contributed by atoms with Gasteiger partial charge in [-0.2, -0.15) is 8.78 Å². The molecule has 110 valence electrons. The molecule has 1 atom stereocenters. The number of ether oxygens (including phenoxy) is 1. The molecule has 0 fully saturated rings. The summed E-state index contributed by atoms with van der Waals surface area (Å²) < 4.78 is 33.7. The largest absolute Gasteiger partial charge is 0.488 e. The summed E-state index contributed by atoms with van der Waals surface area (Å²) in [6.45, 7) is 0.0321.